The molecule has 0 N–H and O–H groups in total. The number of hydrogen-bond donors (Lipinski definition) is 0. The zero-order valence-electron chi connectivity index (χ0n) is 19.2. The van der Waals surface area contributed by atoms with Gasteiger partial charge in [0.1, 0.15) is 0 Å². The summed E-state index contributed by atoms with van der Waals surface area (Å²) in [6.45, 7) is 24.3. The van der Waals surface area contributed by atoms with Gasteiger partial charge in [-0.25, -0.2) is 0 Å². The number of rotatable bonds is 11. The highest BCUT2D eigenvalue weighted by Crippen LogP contribution is 2.05. The Morgan fingerprint density at radius 1 is 0.370 bits per heavy atom. The second-order valence-corrected chi connectivity index (χ2v) is 8.43. The van der Waals surface area contributed by atoms with E-state index in [0.29, 0.717) is 0 Å². The fourth-order valence-corrected chi connectivity index (χ4v) is 3.93. The molecular weight excluding hydrogens is 332 g/mol. The molecule has 0 aromatic heterocycles. The smallest absolute Gasteiger partial charge is 0.0110 e. The number of unbranched alkanes of at least 4 members (excludes halogenated alkanes) is 3. The fraction of sp³-hybridized carbons (Fsp3) is 1.00. The van der Waals surface area contributed by atoms with Crippen molar-refractivity contribution >= 4 is 0 Å². The van der Waals surface area contributed by atoms with Crippen LogP contribution in [0.3, 0.4) is 0 Å². The molecule has 0 atom stereocenters. The Hall–Kier alpha value is -0.160. The van der Waals surface area contributed by atoms with Crippen LogP contribution in [0.4, 0.5) is 0 Å². The molecule has 0 radical (unpaired) electrons. The standard InChI is InChI=1S/C23H50N4/c1-5-9-13-25-18-16-24(12-8-4)17-19-26(14-10-6-2)21-23-27(22-20-25)15-11-7-3/h5-23H2,1-4H3. The first-order valence-corrected chi connectivity index (χ1v) is 12.1. The van der Waals surface area contributed by atoms with Crippen LogP contribution in [0.15, 0.2) is 0 Å². The van der Waals surface area contributed by atoms with Crippen LogP contribution in [-0.4, -0.2) is 98.1 Å². The van der Waals surface area contributed by atoms with Gasteiger partial charge in [0.2, 0.25) is 0 Å². The third-order valence-electron chi connectivity index (χ3n) is 5.95. The van der Waals surface area contributed by atoms with Crippen LogP contribution in [0, 0.1) is 0 Å². The summed E-state index contributed by atoms with van der Waals surface area (Å²) in [5, 5.41) is 0. The van der Waals surface area contributed by atoms with E-state index in [1.165, 1.54) is 123 Å². The Morgan fingerprint density at radius 3 is 0.852 bits per heavy atom. The van der Waals surface area contributed by atoms with E-state index in [2.05, 4.69) is 47.3 Å². The Balaban J connectivity index is 2.71. The Labute approximate surface area is 171 Å². The van der Waals surface area contributed by atoms with E-state index < -0.39 is 0 Å². The molecule has 0 unspecified atom stereocenters. The van der Waals surface area contributed by atoms with Gasteiger partial charge in [-0.15, -0.1) is 0 Å². The molecule has 4 nitrogen and oxygen atoms in total. The summed E-state index contributed by atoms with van der Waals surface area (Å²) in [7, 11) is 0. The third kappa shape index (κ3) is 12.1. The van der Waals surface area contributed by atoms with Crippen molar-refractivity contribution in [2.75, 3.05) is 78.5 Å². The van der Waals surface area contributed by atoms with Crippen LogP contribution in [0.1, 0.15) is 72.6 Å². The first-order valence-electron chi connectivity index (χ1n) is 12.1. The average molecular weight is 383 g/mol. The van der Waals surface area contributed by atoms with Crippen molar-refractivity contribution in [3.63, 3.8) is 0 Å². The molecule has 1 aliphatic rings. The Kier molecular flexibility index (Phi) is 15.4. The molecule has 27 heavy (non-hydrogen) atoms. The van der Waals surface area contributed by atoms with E-state index in [0.717, 1.165) is 0 Å². The van der Waals surface area contributed by atoms with Crippen molar-refractivity contribution in [3.8, 4) is 0 Å². The zero-order valence-corrected chi connectivity index (χ0v) is 19.2. The second kappa shape index (κ2) is 16.8. The van der Waals surface area contributed by atoms with Crippen LogP contribution in [0.25, 0.3) is 0 Å². The highest BCUT2D eigenvalue weighted by molar-refractivity contribution is 4.72. The van der Waals surface area contributed by atoms with Gasteiger partial charge in [0, 0.05) is 52.4 Å². The average Bonchev–Trinajstić information content (AvgIpc) is 2.68. The summed E-state index contributed by atoms with van der Waals surface area (Å²) in [6.07, 6.45) is 9.22. The number of hydrogen-bond acceptors (Lipinski definition) is 4. The predicted octanol–water partition coefficient (Wildman–Crippen LogP) is 4.02. The van der Waals surface area contributed by atoms with E-state index in [1.807, 2.05) is 0 Å². The molecule has 1 rings (SSSR count). The van der Waals surface area contributed by atoms with Gasteiger partial charge in [0.05, 0.1) is 0 Å². The molecule has 1 fully saturated rings. The maximum absolute atomic E-state index is 2.74. The molecule has 0 aromatic rings. The molecule has 1 heterocycles. The van der Waals surface area contributed by atoms with Gasteiger partial charge >= 0.3 is 0 Å². The Morgan fingerprint density at radius 2 is 0.630 bits per heavy atom. The minimum atomic E-state index is 1.24. The molecule has 0 bridgehead atoms. The molecule has 4 heteroatoms. The minimum Gasteiger partial charge on any atom is -0.301 e. The summed E-state index contributed by atoms with van der Waals surface area (Å²) in [5.74, 6) is 0. The monoisotopic (exact) mass is 382 g/mol. The van der Waals surface area contributed by atoms with Crippen molar-refractivity contribution < 1.29 is 0 Å². The van der Waals surface area contributed by atoms with Crippen molar-refractivity contribution in [1.29, 1.82) is 0 Å². The second-order valence-electron chi connectivity index (χ2n) is 8.43. The summed E-state index contributed by atoms with van der Waals surface area (Å²) in [6, 6.07) is 0. The highest BCUT2D eigenvalue weighted by atomic mass is 15.3. The van der Waals surface area contributed by atoms with E-state index in [9.17, 15) is 0 Å². The van der Waals surface area contributed by atoms with Gasteiger partial charge in [-0.3, -0.25) is 0 Å². The zero-order chi connectivity index (χ0) is 19.7. The van der Waals surface area contributed by atoms with Crippen molar-refractivity contribution in [2.24, 2.45) is 0 Å². The van der Waals surface area contributed by atoms with E-state index >= 15 is 0 Å². The van der Waals surface area contributed by atoms with Gasteiger partial charge in [-0.2, -0.15) is 0 Å². The van der Waals surface area contributed by atoms with Crippen molar-refractivity contribution in [1.82, 2.24) is 19.6 Å². The van der Waals surface area contributed by atoms with Gasteiger partial charge < -0.3 is 19.6 Å². The lowest BCUT2D eigenvalue weighted by atomic mass is 10.2. The van der Waals surface area contributed by atoms with Gasteiger partial charge in [-0.05, 0) is 51.9 Å². The van der Waals surface area contributed by atoms with Gasteiger partial charge in [-0.1, -0.05) is 47.0 Å². The third-order valence-corrected chi connectivity index (χ3v) is 5.95. The minimum absolute atomic E-state index is 1.24. The lowest BCUT2D eigenvalue weighted by Crippen LogP contribution is -2.46. The van der Waals surface area contributed by atoms with Crippen LogP contribution in [0.5, 0.6) is 0 Å². The lowest BCUT2D eigenvalue weighted by Gasteiger charge is -2.34. The van der Waals surface area contributed by atoms with Gasteiger partial charge in [0.25, 0.3) is 0 Å². The maximum atomic E-state index is 2.74. The van der Waals surface area contributed by atoms with Crippen LogP contribution < -0.4 is 0 Å². The van der Waals surface area contributed by atoms with Crippen molar-refractivity contribution in [3.05, 3.63) is 0 Å². The van der Waals surface area contributed by atoms with E-state index in [4.69, 9.17) is 0 Å². The van der Waals surface area contributed by atoms with Crippen molar-refractivity contribution in [2.45, 2.75) is 72.6 Å². The number of nitrogens with zero attached hydrogens (tertiary/aromatic N) is 4. The molecule has 0 amide bonds. The molecular formula is C23H50N4. The van der Waals surface area contributed by atoms with E-state index in [1.54, 1.807) is 0 Å². The SMILES string of the molecule is CCCCN1CCN(CCC)CCN(CCCC)CCN(CCCC)CC1. The summed E-state index contributed by atoms with van der Waals surface area (Å²) >= 11 is 0. The molecule has 0 aromatic carbocycles. The summed E-state index contributed by atoms with van der Waals surface area (Å²) in [4.78, 5) is 10.9. The van der Waals surface area contributed by atoms with E-state index in [-0.39, 0.29) is 0 Å². The van der Waals surface area contributed by atoms with Crippen LogP contribution >= 0.6 is 0 Å². The van der Waals surface area contributed by atoms with Crippen LogP contribution in [-0.2, 0) is 0 Å². The molecule has 1 aliphatic heterocycles. The first-order chi connectivity index (χ1) is 13.2. The molecule has 0 aliphatic carbocycles. The Bertz CT molecular complexity index is 300. The molecule has 162 valence electrons. The molecule has 0 spiro atoms. The first kappa shape index (κ1) is 24.9. The normalized spacial score (nSPS) is 20.4. The summed E-state index contributed by atoms with van der Waals surface area (Å²) < 4.78 is 0. The molecule has 1 saturated heterocycles. The fourth-order valence-electron chi connectivity index (χ4n) is 3.93. The topological polar surface area (TPSA) is 13.0 Å². The lowest BCUT2D eigenvalue weighted by molar-refractivity contribution is 0.131. The van der Waals surface area contributed by atoms with Crippen LogP contribution in [0.2, 0.25) is 0 Å². The maximum Gasteiger partial charge on any atom is 0.0110 e. The molecule has 0 saturated carbocycles. The summed E-state index contributed by atoms with van der Waals surface area (Å²) in [5.41, 5.74) is 0. The largest absolute Gasteiger partial charge is 0.301 e. The predicted molar refractivity (Wildman–Crippen MR) is 121 cm³/mol. The quantitative estimate of drug-likeness (QED) is 0.535. The highest BCUT2D eigenvalue weighted by Gasteiger charge is 2.15. The van der Waals surface area contributed by atoms with Gasteiger partial charge in [0.15, 0.2) is 0 Å².